The van der Waals surface area contributed by atoms with Crippen LogP contribution in [-0.4, -0.2) is 50.8 Å². The normalized spacial score (nSPS) is 24.4. The minimum absolute atomic E-state index is 0.0338. The number of fused-ring (bicyclic) bond motifs is 3. The first-order valence-electron chi connectivity index (χ1n) is 9.73. The summed E-state index contributed by atoms with van der Waals surface area (Å²) in [5.41, 5.74) is 0.436. The zero-order valence-corrected chi connectivity index (χ0v) is 16.4. The van der Waals surface area contributed by atoms with Crippen molar-refractivity contribution in [2.75, 3.05) is 0 Å². The predicted octanol–water partition coefficient (Wildman–Crippen LogP) is 4.18. The lowest BCUT2D eigenvalue weighted by Gasteiger charge is -2.39. The van der Waals surface area contributed by atoms with E-state index in [1.807, 2.05) is 43.9 Å². The van der Waals surface area contributed by atoms with E-state index in [4.69, 9.17) is 14.6 Å². The Morgan fingerprint density at radius 2 is 1.82 bits per heavy atom. The molecular formula is C21H26N2O5. The van der Waals surface area contributed by atoms with Gasteiger partial charge in [0.15, 0.2) is 0 Å². The lowest BCUT2D eigenvalue weighted by molar-refractivity contribution is -0.00707. The molecule has 7 nitrogen and oxygen atoms in total. The second kappa shape index (κ2) is 6.72. The molecule has 28 heavy (non-hydrogen) atoms. The fraction of sp³-hybridized carbons (Fsp3) is 0.524. The highest BCUT2D eigenvalue weighted by molar-refractivity contribution is 5.94. The third-order valence-electron chi connectivity index (χ3n) is 5.42. The van der Waals surface area contributed by atoms with E-state index in [9.17, 15) is 9.59 Å². The molecule has 2 bridgehead atoms. The third-order valence-corrected chi connectivity index (χ3v) is 5.42. The van der Waals surface area contributed by atoms with Gasteiger partial charge in [-0.3, -0.25) is 0 Å². The Kier molecular flexibility index (Phi) is 4.48. The van der Waals surface area contributed by atoms with Crippen LogP contribution in [0.15, 0.2) is 24.3 Å². The van der Waals surface area contributed by atoms with Crippen molar-refractivity contribution in [2.24, 2.45) is 0 Å². The largest absolute Gasteiger partial charge is 0.490 e. The van der Waals surface area contributed by atoms with Gasteiger partial charge in [-0.1, -0.05) is 0 Å². The average molecular weight is 386 g/mol. The van der Waals surface area contributed by atoms with Crippen LogP contribution >= 0.6 is 0 Å². The maximum Gasteiger partial charge on any atom is 0.410 e. The maximum absolute atomic E-state index is 12.6. The number of ether oxygens (including phenoxy) is 2. The highest BCUT2D eigenvalue weighted by Gasteiger charge is 2.45. The molecule has 1 aromatic carbocycles. The molecule has 1 aromatic heterocycles. The number of hydrogen-bond acceptors (Lipinski definition) is 4. The van der Waals surface area contributed by atoms with Crippen molar-refractivity contribution >= 4 is 23.0 Å². The number of rotatable bonds is 3. The smallest absolute Gasteiger partial charge is 0.410 e. The second-order valence-corrected chi connectivity index (χ2v) is 8.72. The Bertz CT molecular complexity index is 899. The number of aromatic amines is 1. The minimum Gasteiger partial charge on any atom is -0.490 e. The summed E-state index contributed by atoms with van der Waals surface area (Å²) in [6.07, 6.45) is 3.31. The quantitative estimate of drug-likeness (QED) is 0.826. The Labute approximate surface area is 163 Å². The summed E-state index contributed by atoms with van der Waals surface area (Å²) in [4.78, 5) is 28.4. The van der Waals surface area contributed by atoms with Gasteiger partial charge < -0.3 is 24.5 Å². The molecule has 2 saturated heterocycles. The highest BCUT2D eigenvalue weighted by Crippen LogP contribution is 2.38. The predicted molar refractivity (Wildman–Crippen MR) is 104 cm³/mol. The Morgan fingerprint density at radius 3 is 2.43 bits per heavy atom. The summed E-state index contributed by atoms with van der Waals surface area (Å²) in [6.45, 7) is 5.65. The average Bonchev–Trinajstić information content (AvgIpc) is 3.12. The van der Waals surface area contributed by atoms with Gasteiger partial charge in [0.05, 0.1) is 0 Å². The Hall–Kier alpha value is -2.70. The zero-order valence-electron chi connectivity index (χ0n) is 16.4. The fourth-order valence-electron chi connectivity index (χ4n) is 4.33. The summed E-state index contributed by atoms with van der Waals surface area (Å²) in [5, 5.41) is 9.93. The number of aromatic nitrogens is 1. The summed E-state index contributed by atoms with van der Waals surface area (Å²) in [5.74, 6) is -0.261. The summed E-state index contributed by atoms with van der Waals surface area (Å²) in [7, 11) is 0. The summed E-state index contributed by atoms with van der Waals surface area (Å²) >= 11 is 0. The zero-order chi connectivity index (χ0) is 20.1. The Morgan fingerprint density at radius 1 is 1.14 bits per heavy atom. The van der Waals surface area contributed by atoms with Crippen molar-refractivity contribution in [1.82, 2.24) is 9.88 Å². The molecule has 0 spiro atoms. The van der Waals surface area contributed by atoms with Gasteiger partial charge in [0.2, 0.25) is 0 Å². The monoisotopic (exact) mass is 386 g/mol. The SMILES string of the molecule is CC(C)(C)OC(=O)N1C2CCC1CC(Oc1ccc3[nH]c(C(=O)O)cc3c1)C2. The van der Waals surface area contributed by atoms with Gasteiger partial charge in [-0.25, -0.2) is 9.59 Å². The molecule has 2 aliphatic rings. The Balaban J connectivity index is 1.44. The maximum atomic E-state index is 12.6. The number of benzene rings is 1. The molecule has 0 aliphatic carbocycles. The van der Waals surface area contributed by atoms with Gasteiger partial charge in [0.25, 0.3) is 0 Å². The molecule has 2 unspecified atom stereocenters. The highest BCUT2D eigenvalue weighted by atomic mass is 16.6. The van der Waals surface area contributed by atoms with Crippen molar-refractivity contribution in [3.63, 3.8) is 0 Å². The van der Waals surface area contributed by atoms with Gasteiger partial charge >= 0.3 is 12.1 Å². The number of piperidine rings is 1. The van der Waals surface area contributed by atoms with E-state index >= 15 is 0 Å². The van der Waals surface area contributed by atoms with E-state index in [2.05, 4.69) is 4.98 Å². The van der Waals surface area contributed by atoms with Gasteiger partial charge in [0.1, 0.15) is 23.1 Å². The summed E-state index contributed by atoms with van der Waals surface area (Å²) in [6, 6.07) is 7.45. The second-order valence-electron chi connectivity index (χ2n) is 8.72. The van der Waals surface area contributed by atoms with E-state index in [1.54, 1.807) is 6.07 Å². The molecule has 2 fully saturated rings. The molecule has 150 valence electrons. The number of carboxylic acid groups (broad SMARTS) is 1. The van der Waals surface area contributed by atoms with Crippen LogP contribution in [0.1, 0.15) is 56.9 Å². The first-order chi connectivity index (χ1) is 13.2. The van der Waals surface area contributed by atoms with Crippen LogP contribution in [0.2, 0.25) is 0 Å². The molecule has 4 rings (SSSR count). The van der Waals surface area contributed by atoms with Gasteiger partial charge in [0, 0.05) is 35.8 Å². The number of nitrogens with zero attached hydrogens (tertiary/aromatic N) is 1. The van der Waals surface area contributed by atoms with Crippen molar-refractivity contribution in [3.8, 4) is 5.75 Å². The van der Waals surface area contributed by atoms with Gasteiger partial charge in [-0.15, -0.1) is 0 Å². The van der Waals surface area contributed by atoms with Crippen molar-refractivity contribution in [1.29, 1.82) is 0 Å². The number of H-pyrrole nitrogens is 1. The van der Waals surface area contributed by atoms with E-state index in [0.717, 1.165) is 42.3 Å². The van der Waals surface area contributed by atoms with Crippen LogP contribution in [0.5, 0.6) is 5.75 Å². The molecule has 0 radical (unpaired) electrons. The number of carbonyl (C=O) groups excluding carboxylic acids is 1. The standard InChI is InChI=1S/C21H26N2O5/c1-21(2,3)28-20(26)23-13-4-5-14(23)11-16(10-13)27-15-6-7-17-12(8-15)9-18(22-17)19(24)25/h6-9,13-14,16,22H,4-5,10-11H2,1-3H3,(H,24,25). The van der Waals surface area contributed by atoms with Crippen LogP contribution < -0.4 is 4.74 Å². The number of amides is 1. The van der Waals surface area contributed by atoms with Crippen molar-refractivity contribution in [2.45, 2.75) is 70.2 Å². The van der Waals surface area contributed by atoms with Crippen LogP contribution in [0.4, 0.5) is 4.79 Å². The molecule has 0 saturated carbocycles. The topological polar surface area (TPSA) is 91.9 Å². The third kappa shape index (κ3) is 3.66. The molecule has 2 N–H and O–H groups in total. The molecular weight excluding hydrogens is 360 g/mol. The number of hydrogen-bond donors (Lipinski definition) is 2. The van der Waals surface area contributed by atoms with E-state index < -0.39 is 11.6 Å². The van der Waals surface area contributed by atoms with E-state index in [0.29, 0.717) is 0 Å². The van der Waals surface area contributed by atoms with Crippen LogP contribution in [-0.2, 0) is 4.74 Å². The number of aromatic carboxylic acids is 1. The van der Waals surface area contributed by atoms with E-state index in [-0.39, 0.29) is 30.0 Å². The molecule has 2 aliphatic heterocycles. The molecule has 7 heteroatoms. The summed E-state index contributed by atoms with van der Waals surface area (Å²) < 4.78 is 11.8. The molecule has 1 amide bonds. The van der Waals surface area contributed by atoms with Crippen LogP contribution in [0.3, 0.4) is 0 Å². The molecule has 3 heterocycles. The van der Waals surface area contributed by atoms with Gasteiger partial charge in [-0.2, -0.15) is 0 Å². The van der Waals surface area contributed by atoms with Crippen molar-refractivity contribution in [3.05, 3.63) is 30.0 Å². The van der Waals surface area contributed by atoms with Gasteiger partial charge in [-0.05, 0) is 57.9 Å². The number of nitrogens with one attached hydrogen (secondary N) is 1. The number of carboxylic acids is 1. The minimum atomic E-state index is -0.982. The fourth-order valence-corrected chi connectivity index (χ4v) is 4.33. The first kappa shape index (κ1) is 18.7. The molecule has 2 aromatic rings. The molecule has 2 atom stereocenters. The van der Waals surface area contributed by atoms with E-state index in [1.165, 1.54) is 0 Å². The number of carbonyl (C=O) groups is 2. The van der Waals surface area contributed by atoms with Crippen LogP contribution in [0.25, 0.3) is 10.9 Å². The lowest BCUT2D eigenvalue weighted by atomic mass is 10.00. The lowest BCUT2D eigenvalue weighted by Crippen LogP contribution is -2.50. The first-order valence-corrected chi connectivity index (χ1v) is 9.73. The van der Waals surface area contributed by atoms with Crippen LogP contribution in [0, 0.1) is 0 Å². The van der Waals surface area contributed by atoms with Crippen molar-refractivity contribution < 1.29 is 24.2 Å².